The van der Waals surface area contributed by atoms with Crippen LogP contribution in [0.25, 0.3) is 0 Å². The molecule has 0 bridgehead atoms. The van der Waals surface area contributed by atoms with Crippen LogP contribution in [0.1, 0.15) is 19.3 Å². The van der Waals surface area contributed by atoms with Crippen LogP contribution in [0.4, 0.5) is 0 Å². The largest absolute Gasteiger partial charge is 0.391 e. The van der Waals surface area contributed by atoms with E-state index in [4.69, 9.17) is 9.47 Å². The molecule has 1 saturated carbocycles. The first kappa shape index (κ1) is 12.4. The number of aliphatic hydroxyl groups is 1. The fourth-order valence-corrected chi connectivity index (χ4v) is 1.66. The van der Waals surface area contributed by atoms with E-state index < -0.39 is 6.10 Å². The molecule has 0 spiro atoms. The molecule has 1 aliphatic carbocycles. The van der Waals surface area contributed by atoms with Gasteiger partial charge < -0.3 is 19.9 Å². The molecule has 0 aromatic heterocycles. The van der Waals surface area contributed by atoms with Crippen molar-refractivity contribution >= 4 is 5.91 Å². The Hall–Kier alpha value is -0.650. The molecule has 0 aliphatic heterocycles. The number of hydrogen-bond acceptors (Lipinski definition) is 4. The minimum absolute atomic E-state index is 0.0343. The molecule has 0 aromatic rings. The van der Waals surface area contributed by atoms with Crippen molar-refractivity contribution in [3.63, 3.8) is 0 Å². The molecule has 0 radical (unpaired) electrons. The zero-order chi connectivity index (χ0) is 11.1. The lowest BCUT2D eigenvalue weighted by Crippen LogP contribution is -2.41. The zero-order valence-corrected chi connectivity index (χ0v) is 9.07. The minimum atomic E-state index is -0.395. The summed E-state index contributed by atoms with van der Waals surface area (Å²) in [7, 11) is 1.58. The Labute approximate surface area is 89.8 Å². The first-order valence-corrected chi connectivity index (χ1v) is 5.28. The summed E-state index contributed by atoms with van der Waals surface area (Å²) >= 11 is 0. The van der Waals surface area contributed by atoms with Crippen LogP contribution in [-0.2, 0) is 14.3 Å². The van der Waals surface area contributed by atoms with Gasteiger partial charge in [-0.2, -0.15) is 0 Å². The molecule has 5 heteroatoms. The Morgan fingerprint density at radius 3 is 2.87 bits per heavy atom. The highest BCUT2D eigenvalue weighted by molar-refractivity contribution is 5.77. The van der Waals surface area contributed by atoms with Gasteiger partial charge in [-0.1, -0.05) is 0 Å². The normalized spacial score (nSPS) is 25.5. The molecule has 88 valence electrons. The first-order valence-electron chi connectivity index (χ1n) is 5.28. The van der Waals surface area contributed by atoms with Gasteiger partial charge in [-0.05, 0) is 19.3 Å². The standard InChI is InChI=1S/C10H19NO4/c1-14-5-6-15-7-10(13)11-8-3-2-4-9(8)12/h8-9,12H,2-7H2,1H3,(H,11,13). The topological polar surface area (TPSA) is 67.8 Å². The van der Waals surface area contributed by atoms with E-state index in [1.807, 2.05) is 0 Å². The molecule has 2 unspecified atom stereocenters. The van der Waals surface area contributed by atoms with Gasteiger partial charge in [0.15, 0.2) is 0 Å². The fraction of sp³-hybridized carbons (Fsp3) is 0.900. The van der Waals surface area contributed by atoms with Crippen LogP contribution in [0, 0.1) is 0 Å². The molecular weight excluding hydrogens is 198 g/mol. The molecule has 1 fully saturated rings. The van der Waals surface area contributed by atoms with Crippen LogP contribution < -0.4 is 5.32 Å². The number of amides is 1. The van der Waals surface area contributed by atoms with Crippen molar-refractivity contribution in [2.24, 2.45) is 0 Å². The molecule has 1 rings (SSSR count). The van der Waals surface area contributed by atoms with E-state index >= 15 is 0 Å². The second-order valence-electron chi connectivity index (χ2n) is 3.72. The molecule has 0 heterocycles. The number of rotatable bonds is 6. The smallest absolute Gasteiger partial charge is 0.246 e. The van der Waals surface area contributed by atoms with Gasteiger partial charge in [-0.15, -0.1) is 0 Å². The Bertz CT molecular complexity index is 198. The summed E-state index contributed by atoms with van der Waals surface area (Å²) in [6, 6.07) is -0.0940. The molecule has 2 atom stereocenters. The SMILES string of the molecule is COCCOCC(=O)NC1CCCC1O. The van der Waals surface area contributed by atoms with E-state index in [2.05, 4.69) is 5.32 Å². The van der Waals surface area contributed by atoms with Crippen molar-refractivity contribution in [3.05, 3.63) is 0 Å². The van der Waals surface area contributed by atoms with E-state index in [9.17, 15) is 9.90 Å². The maximum Gasteiger partial charge on any atom is 0.246 e. The molecule has 15 heavy (non-hydrogen) atoms. The molecule has 1 aliphatic rings. The lowest BCUT2D eigenvalue weighted by atomic mass is 10.2. The second kappa shape index (κ2) is 6.76. The average Bonchev–Trinajstić information content (AvgIpc) is 2.59. The maximum absolute atomic E-state index is 11.3. The predicted octanol–water partition coefficient (Wildman–Crippen LogP) is -0.321. The van der Waals surface area contributed by atoms with E-state index in [0.717, 1.165) is 19.3 Å². The lowest BCUT2D eigenvalue weighted by molar-refractivity contribution is -0.127. The van der Waals surface area contributed by atoms with Crippen LogP contribution in [0.5, 0.6) is 0 Å². The molecule has 0 saturated heterocycles. The van der Waals surface area contributed by atoms with Gasteiger partial charge in [-0.3, -0.25) is 4.79 Å². The van der Waals surface area contributed by atoms with E-state index in [0.29, 0.717) is 13.2 Å². The lowest BCUT2D eigenvalue weighted by Gasteiger charge is -2.16. The van der Waals surface area contributed by atoms with Crippen molar-refractivity contribution in [1.82, 2.24) is 5.32 Å². The summed E-state index contributed by atoms with van der Waals surface area (Å²) in [4.78, 5) is 11.3. The number of nitrogens with one attached hydrogen (secondary N) is 1. The van der Waals surface area contributed by atoms with Gasteiger partial charge in [0.2, 0.25) is 5.91 Å². The van der Waals surface area contributed by atoms with Crippen molar-refractivity contribution in [2.45, 2.75) is 31.4 Å². The third-order valence-electron chi connectivity index (χ3n) is 2.49. The van der Waals surface area contributed by atoms with Crippen LogP contribution in [0.2, 0.25) is 0 Å². The summed E-state index contributed by atoms with van der Waals surface area (Å²) in [5, 5.41) is 12.2. The zero-order valence-electron chi connectivity index (χ0n) is 9.07. The van der Waals surface area contributed by atoms with Gasteiger partial charge in [0.1, 0.15) is 6.61 Å². The maximum atomic E-state index is 11.3. The Morgan fingerprint density at radius 1 is 1.47 bits per heavy atom. The van der Waals surface area contributed by atoms with Gasteiger partial charge in [0.25, 0.3) is 0 Å². The van der Waals surface area contributed by atoms with Crippen LogP contribution in [0.3, 0.4) is 0 Å². The van der Waals surface area contributed by atoms with Crippen LogP contribution in [0.15, 0.2) is 0 Å². The minimum Gasteiger partial charge on any atom is -0.391 e. The molecule has 1 amide bonds. The summed E-state index contributed by atoms with van der Waals surface area (Å²) in [6.07, 6.45) is 2.20. The first-order chi connectivity index (χ1) is 7.24. The summed E-state index contributed by atoms with van der Waals surface area (Å²) in [5.41, 5.74) is 0. The third kappa shape index (κ3) is 4.59. The van der Waals surface area contributed by atoms with E-state index in [1.165, 1.54) is 0 Å². The van der Waals surface area contributed by atoms with E-state index in [1.54, 1.807) is 7.11 Å². The van der Waals surface area contributed by atoms with Crippen molar-refractivity contribution < 1.29 is 19.4 Å². The number of methoxy groups -OCH3 is 1. The van der Waals surface area contributed by atoms with Crippen molar-refractivity contribution in [1.29, 1.82) is 0 Å². The van der Waals surface area contributed by atoms with Crippen molar-refractivity contribution in [2.75, 3.05) is 26.9 Å². The Kier molecular flexibility index (Phi) is 5.60. The monoisotopic (exact) mass is 217 g/mol. The highest BCUT2D eigenvalue weighted by atomic mass is 16.5. The van der Waals surface area contributed by atoms with Crippen LogP contribution in [-0.4, -0.2) is 50.1 Å². The molecular formula is C10H19NO4. The molecule has 2 N–H and O–H groups in total. The number of ether oxygens (including phenoxy) is 2. The summed E-state index contributed by atoms with van der Waals surface area (Å²) in [5.74, 6) is -0.169. The summed E-state index contributed by atoms with van der Waals surface area (Å²) < 4.78 is 9.84. The highest BCUT2D eigenvalue weighted by Crippen LogP contribution is 2.18. The fourth-order valence-electron chi connectivity index (χ4n) is 1.66. The quantitative estimate of drug-likeness (QED) is 0.598. The Morgan fingerprint density at radius 2 is 2.27 bits per heavy atom. The van der Waals surface area contributed by atoms with Gasteiger partial charge in [0.05, 0.1) is 25.4 Å². The van der Waals surface area contributed by atoms with Crippen LogP contribution >= 0.6 is 0 Å². The predicted molar refractivity (Wildman–Crippen MR) is 54.5 cm³/mol. The van der Waals surface area contributed by atoms with Crippen molar-refractivity contribution in [3.8, 4) is 0 Å². The second-order valence-corrected chi connectivity index (χ2v) is 3.72. The number of hydrogen-bond donors (Lipinski definition) is 2. The van der Waals surface area contributed by atoms with Gasteiger partial charge in [-0.25, -0.2) is 0 Å². The van der Waals surface area contributed by atoms with E-state index in [-0.39, 0.29) is 18.6 Å². The summed E-state index contributed by atoms with van der Waals surface area (Å²) in [6.45, 7) is 0.934. The Balaban J connectivity index is 2.07. The van der Waals surface area contributed by atoms with Gasteiger partial charge in [0, 0.05) is 7.11 Å². The number of carbonyl (C=O) groups excluding carboxylic acids is 1. The van der Waals surface area contributed by atoms with Gasteiger partial charge >= 0.3 is 0 Å². The average molecular weight is 217 g/mol. The number of aliphatic hydroxyl groups excluding tert-OH is 1. The number of carbonyl (C=O) groups is 1. The molecule has 0 aromatic carbocycles. The molecule has 5 nitrogen and oxygen atoms in total. The third-order valence-corrected chi connectivity index (χ3v) is 2.49. The highest BCUT2D eigenvalue weighted by Gasteiger charge is 2.26.